The van der Waals surface area contributed by atoms with E-state index in [9.17, 15) is 0 Å². The van der Waals surface area contributed by atoms with E-state index in [1.807, 2.05) is 6.08 Å². The normalized spacial score (nSPS) is 25.4. The molecule has 1 rings (SSSR count). The number of hydrogen-bond donors (Lipinski definition) is 0. The largest absolute Gasteiger partial charge is 1.00 e. The summed E-state index contributed by atoms with van der Waals surface area (Å²) >= 11 is 0. The summed E-state index contributed by atoms with van der Waals surface area (Å²) in [5, 5.41) is 0. The first-order valence-electron chi connectivity index (χ1n) is 2.54. The van der Waals surface area contributed by atoms with Gasteiger partial charge >= 0.3 is 18.9 Å². The summed E-state index contributed by atoms with van der Waals surface area (Å²) in [6.07, 6.45) is 7.65. The van der Waals surface area contributed by atoms with Crippen molar-refractivity contribution in [1.29, 1.82) is 0 Å². The van der Waals surface area contributed by atoms with Crippen molar-refractivity contribution in [2.24, 2.45) is 0 Å². The molecule has 0 radical (unpaired) electrons. The van der Waals surface area contributed by atoms with Crippen LogP contribution in [-0.4, -0.2) is 13.2 Å². The zero-order valence-corrected chi connectivity index (χ0v) is 5.48. The van der Waals surface area contributed by atoms with Crippen molar-refractivity contribution in [2.75, 3.05) is 7.11 Å². The molecule has 0 spiro atoms. The minimum absolute atomic E-state index is 0. The van der Waals surface area contributed by atoms with E-state index in [2.05, 4.69) is 6.08 Å². The summed E-state index contributed by atoms with van der Waals surface area (Å²) in [6, 6.07) is 0. The number of allylic oxidation sites excluding steroid dienone is 1. The maximum atomic E-state index is 4.97. The predicted molar refractivity (Wildman–Crippen MR) is 27.8 cm³/mol. The van der Waals surface area contributed by atoms with E-state index in [1.165, 1.54) is 0 Å². The van der Waals surface area contributed by atoms with Gasteiger partial charge in [0.1, 0.15) is 0 Å². The molecular weight excluding hydrogens is 95.0 g/mol. The van der Waals surface area contributed by atoms with Gasteiger partial charge in [0.25, 0.3) is 0 Å². The standard InChI is InChI=1S/C6H9O.Li/c1-7-6-4-2-3-5-6;/h2,6H,3,5H2,1H3;/q-1;+1/t6-;/m0./s1. The number of rotatable bonds is 1. The molecule has 0 unspecified atom stereocenters. The van der Waals surface area contributed by atoms with Gasteiger partial charge in [0.05, 0.1) is 0 Å². The van der Waals surface area contributed by atoms with Crippen LogP contribution in [0.4, 0.5) is 0 Å². The van der Waals surface area contributed by atoms with Crippen molar-refractivity contribution < 1.29 is 23.6 Å². The van der Waals surface area contributed by atoms with Gasteiger partial charge in [0.2, 0.25) is 0 Å². The quantitative estimate of drug-likeness (QED) is 0.280. The van der Waals surface area contributed by atoms with Crippen LogP contribution in [0, 0.1) is 6.08 Å². The summed E-state index contributed by atoms with van der Waals surface area (Å²) in [6.45, 7) is 0. The van der Waals surface area contributed by atoms with Crippen LogP contribution in [0.1, 0.15) is 12.8 Å². The molecule has 40 valence electrons. The Labute approximate surface area is 62.3 Å². The van der Waals surface area contributed by atoms with E-state index in [0.29, 0.717) is 6.10 Å². The van der Waals surface area contributed by atoms with Gasteiger partial charge in [-0.2, -0.15) is 0 Å². The fourth-order valence-corrected chi connectivity index (χ4v) is 0.719. The molecule has 0 amide bonds. The maximum absolute atomic E-state index is 4.97. The minimum atomic E-state index is 0. The number of ether oxygens (including phenoxy) is 1. The molecular formula is C6H9LiO. The van der Waals surface area contributed by atoms with Gasteiger partial charge in [-0.15, -0.1) is 0 Å². The first kappa shape index (κ1) is 8.30. The first-order valence-corrected chi connectivity index (χ1v) is 2.54. The zero-order chi connectivity index (χ0) is 5.11. The van der Waals surface area contributed by atoms with Crippen molar-refractivity contribution in [3.8, 4) is 0 Å². The van der Waals surface area contributed by atoms with Crippen LogP contribution in [0.15, 0.2) is 6.08 Å². The second-order valence-corrected chi connectivity index (χ2v) is 1.67. The van der Waals surface area contributed by atoms with Crippen LogP contribution in [-0.2, 0) is 4.74 Å². The van der Waals surface area contributed by atoms with Crippen LogP contribution in [0.5, 0.6) is 0 Å². The van der Waals surface area contributed by atoms with E-state index in [0.717, 1.165) is 12.8 Å². The SMILES string of the molecule is CO[C@H]1[C-]=CCC1.[Li+]. The molecule has 1 nitrogen and oxygen atoms in total. The average molecular weight is 104 g/mol. The van der Waals surface area contributed by atoms with Gasteiger partial charge < -0.3 is 10.8 Å². The van der Waals surface area contributed by atoms with Crippen molar-refractivity contribution in [3.63, 3.8) is 0 Å². The molecule has 8 heavy (non-hydrogen) atoms. The van der Waals surface area contributed by atoms with Gasteiger partial charge in [-0.05, 0) is 0 Å². The number of hydrogen-bond acceptors (Lipinski definition) is 1. The third-order valence-corrected chi connectivity index (χ3v) is 1.16. The number of methoxy groups -OCH3 is 1. The van der Waals surface area contributed by atoms with E-state index < -0.39 is 0 Å². The van der Waals surface area contributed by atoms with Crippen molar-refractivity contribution in [1.82, 2.24) is 0 Å². The summed E-state index contributed by atoms with van der Waals surface area (Å²) in [7, 11) is 1.72. The second kappa shape index (κ2) is 4.20. The molecule has 0 heterocycles. The van der Waals surface area contributed by atoms with Crippen molar-refractivity contribution in [2.45, 2.75) is 18.9 Å². The van der Waals surface area contributed by atoms with Gasteiger partial charge in [0, 0.05) is 7.11 Å². The minimum Gasteiger partial charge on any atom is -0.471 e. The monoisotopic (exact) mass is 104 g/mol. The van der Waals surface area contributed by atoms with Crippen LogP contribution in [0.25, 0.3) is 0 Å². The molecule has 1 atom stereocenters. The van der Waals surface area contributed by atoms with Crippen LogP contribution in [0.2, 0.25) is 0 Å². The fraction of sp³-hybridized carbons (Fsp3) is 0.667. The van der Waals surface area contributed by atoms with Crippen molar-refractivity contribution >= 4 is 0 Å². The molecule has 0 aromatic carbocycles. The van der Waals surface area contributed by atoms with Gasteiger partial charge in [-0.3, -0.25) is 6.08 Å². The molecule has 1 aliphatic carbocycles. The Morgan fingerprint density at radius 1 is 1.75 bits per heavy atom. The van der Waals surface area contributed by atoms with Gasteiger partial charge in [0.15, 0.2) is 0 Å². The van der Waals surface area contributed by atoms with E-state index in [1.54, 1.807) is 7.11 Å². The third kappa shape index (κ3) is 2.04. The summed E-state index contributed by atoms with van der Waals surface area (Å²) in [5.41, 5.74) is 0. The summed E-state index contributed by atoms with van der Waals surface area (Å²) in [5.74, 6) is 0. The molecule has 2 heteroatoms. The average Bonchev–Trinajstić information content (AvgIpc) is 2.14. The zero-order valence-electron chi connectivity index (χ0n) is 5.48. The second-order valence-electron chi connectivity index (χ2n) is 1.67. The van der Waals surface area contributed by atoms with Crippen LogP contribution in [0.3, 0.4) is 0 Å². The molecule has 1 aliphatic rings. The molecule has 0 N–H and O–H groups in total. The molecule has 0 aliphatic heterocycles. The van der Waals surface area contributed by atoms with E-state index in [-0.39, 0.29) is 18.9 Å². The molecule has 0 aromatic rings. The Bertz CT molecular complexity index is 80.6. The Hall–Kier alpha value is 0.297. The Balaban J connectivity index is 0.000000490. The van der Waals surface area contributed by atoms with E-state index in [4.69, 9.17) is 4.74 Å². The van der Waals surface area contributed by atoms with Gasteiger partial charge in [-0.1, -0.05) is 18.9 Å². The van der Waals surface area contributed by atoms with Crippen LogP contribution >= 0.6 is 0 Å². The summed E-state index contributed by atoms with van der Waals surface area (Å²) in [4.78, 5) is 0. The predicted octanol–water partition coefficient (Wildman–Crippen LogP) is -1.84. The fourth-order valence-electron chi connectivity index (χ4n) is 0.719. The molecule has 0 fully saturated rings. The molecule has 0 bridgehead atoms. The smallest absolute Gasteiger partial charge is 0.471 e. The Kier molecular flexibility index (Phi) is 4.36. The Morgan fingerprint density at radius 2 is 2.50 bits per heavy atom. The summed E-state index contributed by atoms with van der Waals surface area (Å²) < 4.78 is 4.97. The molecule has 0 saturated carbocycles. The Morgan fingerprint density at radius 3 is 2.75 bits per heavy atom. The molecule has 0 aromatic heterocycles. The van der Waals surface area contributed by atoms with Gasteiger partial charge in [-0.25, -0.2) is 0 Å². The van der Waals surface area contributed by atoms with Crippen molar-refractivity contribution in [3.05, 3.63) is 12.2 Å². The first-order chi connectivity index (χ1) is 3.43. The third-order valence-electron chi connectivity index (χ3n) is 1.16. The molecule has 0 saturated heterocycles. The van der Waals surface area contributed by atoms with Crippen LogP contribution < -0.4 is 18.9 Å². The maximum Gasteiger partial charge on any atom is 1.00 e. The van der Waals surface area contributed by atoms with E-state index >= 15 is 0 Å². The topological polar surface area (TPSA) is 9.23 Å².